The fourth-order valence-electron chi connectivity index (χ4n) is 3.21. The first-order valence-electron chi connectivity index (χ1n) is 7.82. The maximum absolute atomic E-state index is 12.8. The van der Waals surface area contributed by atoms with Crippen LogP contribution in [-0.4, -0.2) is 62.0 Å². The number of carbonyl (C=O) groups is 1. The van der Waals surface area contributed by atoms with Gasteiger partial charge in [0, 0.05) is 38.6 Å². The fourth-order valence-corrected chi connectivity index (χ4v) is 3.21. The second-order valence-electron chi connectivity index (χ2n) is 6.25. The lowest BCUT2D eigenvalue weighted by atomic mass is 9.93. The molecule has 3 rings (SSSR count). The quantitative estimate of drug-likeness (QED) is 0.831. The topological polar surface area (TPSA) is 32.8 Å². The van der Waals surface area contributed by atoms with Crippen LogP contribution in [0.5, 0.6) is 5.75 Å². The molecule has 0 bridgehead atoms. The highest BCUT2D eigenvalue weighted by Crippen LogP contribution is 2.30. The standard InChI is InChI=1S/C17H24N2O2/c1-13-4-3-5-15-16(20)14(6-11-21-17(13)15)12-19-9-7-18(2)8-10-19/h3-5,14H,6-12H2,1-2H3. The van der Waals surface area contributed by atoms with Gasteiger partial charge in [0.05, 0.1) is 12.2 Å². The van der Waals surface area contributed by atoms with E-state index in [9.17, 15) is 4.79 Å². The van der Waals surface area contributed by atoms with Gasteiger partial charge < -0.3 is 14.5 Å². The third kappa shape index (κ3) is 3.11. The molecule has 0 saturated carbocycles. The van der Waals surface area contributed by atoms with E-state index in [4.69, 9.17) is 4.74 Å². The Kier molecular flexibility index (Phi) is 4.27. The summed E-state index contributed by atoms with van der Waals surface area (Å²) < 4.78 is 5.84. The Morgan fingerprint density at radius 2 is 2.00 bits per heavy atom. The van der Waals surface area contributed by atoms with Crippen LogP contribution in [0.4, 0.5) is 0 Å². The number of ketones is 1. The van der Waals surface area contributed by atoms with Crippen molar-refractivity contribution >= 4 is 5.78 Å². The molecule has 2 aliphatic rings. The summed E-state index contributed by atoms with van der Waals surface area (Å²) in [5.41, 5.74) is 1.83. The first-order chi connectivity index (χ1) is 10.1. The predicted molar refractivity (Wildman–Crippen MR) is 83.0 cm³/mol. The number of benzene rings is 1. The van der Waals surface area contributed by atoms with E-state index in [2.05, 4.69) is 16.8 Å². The molecule has 114 valence electrons. The number of hydrogen-bond acceptors (Lipinski definition) is 4. The molecule has 2 heterocycles. The average molecular weight is 288 g/mol. The Hall–Kier alpha value is -1.39. The van der Waals surface area contributed by atoms with Gasteiger partial charge in [-0.3, -0.25) is 4.79 Å². The van der Waals surface area contributed by atoms with Crippen LogP contribution in [0, 0.1) is 12.8 Å². The molecule has 1 aromatic carbocycles. The van der Waals surface area contributed by atoms with Crippen molar-refractivity contribution in [3.8, 4) is 5.75 Å². The summed E-state index contributed by atoms with van der Waals surface area (Å²) in [7, 11) is 2.15. The molecule has 2 aliphatic heterocycles. The van der Waals surface area contributed by atoms with Crippen molar-refractivity contribution < 1.29 is 9.53 Å². The van der Waals surface area contributed by atoms with Gasteiger partial charge in [-0.05, 0) is 32.0 Å². The largest absolute Gasteiger partial charge is 0.493 e. The lowest BCUT2D eigenvalue weighted by Gasteiger charge is -2.34. The summed E-state index contributed by atoms with van der Waals surface area (Å²) >= 11 is 0. The van der Waals surface area contributed by atoms with Crippen LogP contribution in [0.15, 0.2) is 18.2 Å². The Morgan fingerprint density at radius 1 is 1.24 bits per heavy atom. The first-order valence-corrected chi connectivity index (χ1v) is 7.82. The molecule has 1 saturated heterocycles. The number of Topliss-reactive ketones (excluding diaryl/α,β-unsaturated/α-hetero) is 1. The van der Waals surface area contributed by atoms with Gasteiger partial charge in [0.15, 0.2) is 5.78 Å². The summed E-state index contributed by atoms with van der Waals surface area (Å²) in [6, 6.07) is 5.87. The zero-order chi connectivity index (χ0) is 14.8. The number of rotatable bonds is 2. The van der Waals surface area contributed by atoms with Gasteiger partial charge in [0.25, 0.3) is 0 Å². The third-order valence-electron chi connectivity index (χ3n) is 4.64. The van der Waals surface area contributed by atoms with Gasteiger partial charge in [-0.25, -0.2) is 0 Å². The number of hydrogen-bond donors (Lipinski definition) is 0. The Morgan fingerprint density at radius 3 is 2.76 bits per heavy atom. The van der Waals surface area contributed by atoms with Crippen molar-refractivity contribution in [2.75, 3.05) is 46.4 Å². The van der Waals surface area contributed by atoms with E-state index < -0.39 is 0 Å². The number of carbonyl (C=O) groups excluding carboxylic acids is 1. The minimum absolute atomic E-state index is 0.0662. The Labute approximate surface area is 126 Å². The Bertz CT molecular complexity index is 522. The van der Waals surface area contributed by atoms with Crippen molar-refractivity contribution in [2.45, 2.75) is 13.3 Å². The summed E-state index contributed by atoms with van der Waals surface area (Å²) in [4.78, 5) is 17.6. The number of para-hydroxylation sites is 1. The van der Waals surface area contributed by atoms with Crippen LogP contribution in [0.2, 0.25) is 0 Å². The summed E-state index contributed by atoms with van der Waals surface area (Å²) in [6.45, 7) is 7.81. The molecule has 21 heavy (non-hydrogen) atoms. The van der Waals surface area contributed by atoms with E-state index in [-0.39, 0.29) is 11.7 Å². The molecule has 0 radical (unpaired) electrons. The molecule has 1 aromatic rings. The van der Waals surface area contributed by atoms with E-state index in [0.29, 0.717) is 6.61 Å². The summed E-state index contributed by atoms with van der Waals surface area (Å²) in [5, 5.41) is 0. The lowest BCUT2D eigenvalue weighted by molar-refractivity contribution is 0.0825. The van der Waals surface area contributed by atoms with Crippen LogP contribution in [0.3, 0.4) is 0 Å². The zero-order valence-corrected chi connectivity index (χ0v) is 13.0. The van der Waals surface area contributed by atoms with Crippen LogP contribution >= 0.6 is 0 Å². The van der Waals surface area contributed by atoms with Crippen molar-refractivity contribution in [3.63, 3.8) is 0 Å². The molecule has 4 nitrogen and oxygen atoms in total. The number of fused-ring (bicyclic) bond motifs is 1. The number of aryl methyl sites for hydroxylation is 1. The van der Waals surface area contributed by atoms with Crippen LogP contribution in [0.1, 0.15) is 22.3 Å². The highest BCUT2D eigenvalue weighted by Gasteiger charge is 2.29. The minimum atomic E-state index is 0.0662. The molecule has 0 aliphatic carbocycles. The second kappa shape index (κ2) is 6.16. The minimum Gasteiger partial charge on any atom is -0.493 e. The SMILES string of the molecule is Cc1cccc2c1OCCC(CN1CCN(C)CC1)C2=O. The van der Waals surface area contributed by atoms with E-state index in [1.54, 1.807) is 0 Å². The van der Waals surface area contributed by atoms with Crippen molar-refractivity contribution in [3.05, 3.63) is 29.3 Å². The number of nitrogens with zero attached hydrogens (tertiary/aromatic N) is 2. The highest BCUT2D eigenvalue weighted by molar-refractivity contribution is 6.01. The summed E-state index contributed by atoms with van der Waals surface area (Å²) in [5.74, 6) is 1.12. The molecule has 0 amide bonds. The van der Waals surface area contributed by atoms with Gasteiger partial charge >= 0.3 is 0 Å². The van der Waals surface area contributed by atoms with Crippen LogP contribution in [-0.2, 0) is 0 Å². The molecule has 1 atom stereocenters. The molecule has 1 fully saturated rings. The van der Waals surface area contributed by atoms with Gasteiger partial charge in [-0.15, -0.1) is 0 Å². The molecular weight excluding hydrogens is 264 g/mol. The van der Waals surface area contributed by atoms with Gasteiger partial charge in [-0.2, -0.15) is 0 Å². The molecular formula is C17H24N2O2. The van der Waals surface area contributed by atoms with Crippen molar-refractivity contribution in [1.29, 1.82) is 0 Å². The van der Waals surface area contributed by atoms with Gasteiger partial charge in [-0.1, -0.05) is 12.1 Å². The predicted octanol–water partition coefficient (Wildman–Crippen LogP) is 1.82. The fraction of sp³-hybridized carbons (Fsp3) is 0.588. The van der Waals surface area contributed by atoms with E-state index in [0.717, 1.165) is 56.0 Å². The average Bonchev–Trinajstić information content (AvgIpc) is 2.63. The maximum atomic E-state index is 12.8. The molecule has 4 heteroatoms. The maximum Gasteiger partial charge on any atom is 0.171 e. The molecule has 0 N–H and O–H groups in total. The van der Waals surface area contributed by atoms with Crippen molar-refractivity contribution in [2.24, 2.45) is 5.92 Å². The van der Waals surface area contributed by atoms with E-state index in [1.165, 1.54) is 0 Å². The molecule has 1 unspecified atom stereocenters. The normalized spacial score (nSPS) is 24.3. The number of piperazine rings is 1. The molecule has 0 spiro atoms. The van der Waals surface area contributed by atoms with Gasteiger partial charge in [0.2, 0.25) is 0 Å². The highest BCUT2D eigenvalue weighted by atomic mass is 16.5. The van der Waals surface area contributed by atoms with E-state index >= 15 is 0 Å². The lowest BCUT2D eigenvalue weighted by Crippen LogP contribution is -2.47. The molecule has 0 aromatic heterocycles. The van der Waals surface area contributed by atoms with Crippen molar-refractivity contribution in [1.82, 2.24) is 9.80 Å². The number of ether oxygens (including phenoxy) is 1. The van der Waals surface area contributed by atoms with Crippen LogP contribution < -0.4 is 4.74 Å². The second-order valence-corrected chi connectivity index (χ2v) is 6.25. The Balaban J connectivity index is 1.74. The summed E-state index contributed by atoms with van der Waals surface area (Å²) in [6.07, 6.45) is 0.819. The smallest absolute Gasteiger partial charge is 0.171 e. The zero-order valence-electron chi connectivity index (χ0n) is 13.0. The van der Waals surface area contributed by atoms with Gasteiger partial charge in [0.1, 0.15) is 5.75 Å². The monoisotopic (exact) mass is 288 g/mol. The number of likely N-dealkylation sites (N-methyl/N-ethyl adjacent to an activating group) is 1. The van der Waals surface area contributed by atoms with Crippen LogP contribution in [0.25, 0.3) is 0 Å². The van der Waals surface area contributed by atoms with E-state index in [1.807, 2.05) is 25.1 Å². The first kappa shape index (κ1) is 14.5. The third-order valence-corrected chi connectivity index (χ3v) is 4.64.